The summed E-state index contributed by atoms with van der Waals surface area (Å²) in [5, 5.41) is 13.2. The molecule has 2 amide bonds. The summed E-state index contributed by atoms with van der Waals surface area (Å²) in [6, 6.07) is 10.3. The Morgan fingerprint density at radius 3 is 1.97 bits per heavy atom. The molecule has 0 unspecified atom stereocenters. The van der Waals surface area contributed by atoms with Crippen LogP contribution in [-0.4, -0.2) is 50.5 Å². The Morgan fingerprint density at radius 1 is 0.844 bits per heavy atom. The number of aromatic nitrogens is 2. The Balaban J connectivity index is 1.64. The SMILES string of the molecule is COc1ccc(NC(=O)c2nnc(C(=O)NCc3cc(OC)c(OC)c(OC)c3)s2)cc1. The smallest absolute Gasteiger partial charge is 0.286 e. The monoisotopic (exact) mass is 458 g/mol. The lowest BCUT2D eigenvalue weighted by Crippen LogP contribution is -2.22. The molecule has 0 aliphatic heterocycles. The summed E-state index contributed by atoms with van der Waals surface area (Å²) >= 11 is 0.892. The van der Waals surface area contributed by atoms with Crippen LogP contribution in [0, 0.1) is 0 Å². The topological polar surface area (TPSA) is 121 Å². The van der Waals surface area contributed by atoms with Crippen molar-refractivity contribution in [3.05, 3.63) is 52.0 Å². The maximum Gasteiger partial charge on any atom is 0.286 e. The van der Waals surface area contributed by atoms with Gasteiger partial charge >= 0.3 is 0 Å². The van der Waals surface area contributed by atoms with E-state index in [0.717, 1.165) is 16.9 Å². The zero-order chi connectivity index (χ0) is 23.1. The molecule has 0 atom stereocenters. The third-order valence-electron chi connectivity index (χ3n) is 4.34. The van der Waals surface area contributed by atoms with Gasteiger partial charge in [-0.2, -0.15) is 0 Å². The van der Waals surface area contributed by atoms with Crippen molar-refractivity contribution < 1.29 is 28.5 Å². The fourth-order valence-electron chi connectivity index (χ4n) is 2.76. The molecule has 0 aliphatic carbocycles. The Kier molecular flexibility index (Phi) is 7.45. The second-order valence-corrected chi connectivity index (χ2v) is 7.29. The lowest BCUT2D eigenvalue weighted by Gasteiger charge is -2.14. The summed E-state index contributed by atoms with van der Waals surface area (Å²) in [5.74, 6) is 1.16. The van der Waals surface area contributed by atoms with Crippen LogP contribution in [0.2, 0.25) is 0 Å². The highest BCUT2D eigenvalue weighted by molar-refractivity contribution is 7.15. The van der Waals surface area contributed by atoms with Crippen LogP contribution in [-0.2, 0) is 6.54 Å². The molecule has 0 aliphatic rings. The zero-order valence-corrected chi connectivity index (χ0v) is 18.7. The first-order valence-corrected chi connectivity index (χ1v) is 10.2. The van der Waals surface area contributed by atoms with E-state index < -0.39 is 11.8 Å². The largest absolute Gasteiger partial charge is 0.497 e. The first-order valence-electron chi connectivity index (χ1n) is 9.35. The van der Waals surface area contributed by atoms with E-state index in [-0.39, 0.29) is 16.6 Å². The predicted octanol–water partition coefficient (Wildman–Crippen LogP) is 2.75. The fourth-order valence-corrected chi connectivity index (χ4v) is 3.42. The molecular weight excluding hydrogens is 436 g/mol. The van der Waals surface area contributed by atoms with Gasteiger partial charge in [0.05, 0.1) is 28.4 Å². The number of ether oxygens (including phenoxy) is 4. The van der Waals surface area contributed by atoms with Crippen molar-refractivity contribution in [3.8, 4) is 23.0 Å². The zero-order valence-electron chi connectivity index (χ0n) is 17.9. The summed E-state index contributed by atoms with van der Waals surface area (Å²) in [5.41, 5.74) is 1.30. The fraction of sp³-hybridized carbons (Fsp3) is 0.238. The molecule has 0 fully saturated rings. The van der Waals surface area contributed by atoms with Gasteiger partial charge in [0.15, 0.2) is 11.5 Å². The van der Waals surface area contributed by atoms with E-state index in [0.29, 0.717) is 28.7 Å². The Labute approximate surface area is 188 Å². The van der Waals surface area contributed by atoms with Crippen molar-refractivity contribution in [1.82, 2.24) is 15.5 Å². The minimum atomic E-state index is -0.462. The summed E-state index contributed by atoms with van der Waals surface area (Å²) in [4.78, 5) is 24.9. The highest BCUT2D eigenvalue weighted by Gasteiger charge is 2.19. The van der Waals surface area contributed by atoms with Gasteiger partial charge in [-0.15, -0.1) is 10.2 Å². The van der Waals surface area contributed by atoms with Crippen LogP contribution in [0.5, 0.6) is 23.0 Å². The first kappa shape index (κ1) is 22.8. The molecule has 0 saturated heterocycles. The molecule has 3 aromatic rings. The molecule has 10 nitrogen and oxygen atoms in total. The van der Waals surface area contributed by atoms with Crippen LogP contribution in [0.3, 0.4) is 0 Å². The predicted molar refractivity (Wildman–Crippen MR) is 118 cm³/mol. The number of nitrogens with one attached hydrogen (secondary N) is 2. The third kappa shape index (κ3) is 5.24. The summed E-state index contributed by atoms with van der Waals surface area (Å²) in [6.07, 6.45) is 0. The number of carbonyl (C=O) groups excluding carboxylic acids is 2. The lowest BCUT2D eigenvalue weighted by atomic mass is 10.1. The standard InChI is InChI=1S/C21H22N4O6S/c1-28-14-7-5-13(6-8-14)23-19(27)21-25-24-20(32-21)18(26)22-11-12-9-15(29-2)17(31-4)16(10-12)30-3/h5-10H,11H2,1-4H3,(H,22,26)(H,23,27). The van der Waals surface area contributed by atoms with Crippen molar-refractivity contribution in [2.45, 2.75) is 6.54 Å². The molecule has 2 N–H and O–H groups in total. The van der Waals surface area contributed by atoms with E-state index in [1.54, 1.807) is 43.5 Å². The van der Waals surface area contributed by atoms with Crippen LogP contribution in [0.15, 0.2) is 36.4 Å². The van der Waals surface area contributed by atoms with E-state index >= 15 is 0 Å². The number of anilines is 1. The van der Waals surface area contributed by atoms with Crippen LogP contribution in [0.25, 0.3) is 0 Å². The number of hydrogen-bond donors (Lipinski definition) is 2. The number of rotatable bonds is 9. The van der Waals surface area contributed by atoms with Gasteiger partial charge in [0.2, 0.25) is 15.8 Å². The second-order valence-electron chi connectivity index (χ2n) is 6.31. The van der Waals surface area contributed by atoms with E-state index in [1.807, 2.05) is 0 Å². The van der Waals surface area contributed by atoms with Crippen LogP contribution >= 0.6 is 11.3 Å². The van der Waals surface area contributed by atoms with Crippen molar-refractivity contribution >= 4 is 28.8 Å². The molecule has 3 rings (SSSR count). The van der Waals surface area contributed by atoms with Crippen molar-refractivity contribution in [1.29, 1.82) is 0 Å². The van der Waals surface area contributed by atoms with Gasteiger partial charge < -0.3 is 29.6 Å². The van der Waals surface area contributed by atoms with Gasteiger partial charge in [-0.1, -0.05) is 11.3 Å². The Hall–Kier alpha value is -3.86. The molecular formula is C21H22N4O6S. The number of benzene rings is 2. The van der Waals surface area contributed by atoms with Crippen molar-refractivity contribution in [2.24, 2.45) is 0 Å². The van der Waals surface area contributed by atoms with Gasteiger partial charge in [-0.3, -0.25) is 9.59 Å². The molecule has 32 heavy (non-hydrogen) atoms. The molecule has 1 heterocycles. The normalized spacial score (nSPS) is 10.2. The maximum atomic E-state index is 12.5. The van der Waals surface area contributed by atoms with E-state index in [4.69, 9.17) is 18.9 Å². The molecule has 0 bridgehead atoms. The first-order chi connectivity index (χ1) is 15.5. The second kappa shape index (κ2) is 10.4. The van der Waals surface area contributed by atoms with Gasteiger partial charge in [0.1, 0.15) is 5.75 Å². The minimum absolute atomic E-state index is 0.0670. The van der Waals surface area contributed by atoms with E-state index in [9.17, 15) is 9.59 Å². The third-order valence-corrected chi connectivity index (χ3v) is 5.26. The van der Waals surface area contributed by atoms with Crippen LogP contribution in [0.1, 0.15) is 25.2 Å². The number of hydrogen-bond acceptors (Lipinski definition) is 9. The Morgan fingerprint density at radius 2 is 1.44 bits per heavy atom. The van der Waals surface area contributed by atoms with Crippen molar-refractivity contribution in [2.75, 3.05) is 33.8 Å². The highest BCUT2D eigenvalue weighted by atomic mass is 32.1. The minimum Gasteiger partial charge on any atom is -0.497 e. The van der Waals surface area contributed by atoms with Gasteiger partial charge in [0.25, 0.3) is 11.8 Å². The lowest BCUT2D eigenvalue weighted by molar-refractivity contribution is 0.0948. The Bertz CT molecular complexity index is 1070. The number of amides is 2. The average Bonchev–Trinajstić information content (AvgIpc) is 3.33. The quantitative estimate of drug-likeness (QED) is 0.502. The molecule has 11 heteroatoms. The maximum absolute atomic E-state index is 12.5. The molecule has 1 aromatic heterocycles. The number of nitrogens with zero attached hydrogens (tertiary/aromatic N) is 2. The van der Waals surface area contributed by atoms with Crippen LogP contribution < -0.4 is 29.6 Å². The van der Waals surface area contributed by atoms with Crippen LogP contribution in [0.4, 0.5) is 5.69 Å². The molecule has 0 radical (unpaired) electrons. The van der Waals surface area contributed by atoms with Gasteiger partial charge in [-0.05, 0) is 42.0 Å². The average molecular weight is 458 g/mol. The molecule has 0 saturated carbocycles. The molecule has 168 valence electrons. The highest BCUT2D eigenvalue weighted by Crippen LogP contribution is 2.38. The van der Waals surface area contributed by atoms with Gasteiger partial charge in [-0.25, -0.2) is 0 Å². The number of methoxy groups -OCH3 is 4. The van der Waals surface area contributed by atoms with Crippen molar-refractivity contribution in [3.63, 3.8) is 0 Å². The summed E-state index contributed by atoms with van der Waals surface area (Å²) < 4.78 is 21.0. The van der Waals surface area contributed by atoms with E-state index in [2.05, 4.69) is 20.8 Å². The molecule has 2 aromatic carbocycles. The van der Waals surface area contributed by atoms with Gasteiger partial charge in [0, 0.05) is 12.2 Å². The number of carbonyl (C=O) groups is 2. The molecule has 0 spiro atoms. The summed E-state index contributed by atoms with van der Waals surface area (Å²) in [6.45, 7) is 0.183. The van der Waals surface area contributed by atoms with E-state index in [1.165, 1.54) is 21.3 Å². The summed E-state index contributed by atoms with van der Waals surface area (Å²) in [7, 11) is 6.10.